The number of fused-ring (bicyclic) bond motifs is 6. The van der Waals surface area contributed by atoms with E-state index in [0.29, 0.717) is 0 Å². The minimum absolute atomic E-state index is 0. The first-order valence-electron chi connectivity index (χ1n) is 13.1. The minimum Gasteiger partial charge on any atom is -0.243 e. The van der Waals surface area contributed by atoms with Gasteiger partial charge in [0.15, 0.2) is 0 Å². The molecular weight excluding hydrogens is 553 g/mol. The van der Waals surface area contributed by atoms with Crippen molar-refractivity contribution < 1.29 is 45.9 Å². The molecule has 0 fully saturated rings. The molecule has 0 atom stereocenters. The molecule has 2 nitrogen and oxygen atoms in total. The molecule has 0 unspecified atom stereocenters. The number of aryl methyl sites for hydroxylation is 1. The number of para-hydroxylation sites is 1. The van der Waals surface area contributed by atoms with E-state index in [4.69, 9.17) is 0 Å². The number of hydrogen-bond acceptors (Lipinski definition) is 0. The zero-order chi connectivity index (χ0) is 25.4. The van der Waals surface area contributed by atoms with Crippen molar-refractivity contribution in [2.45, 2.75) is 87.1 Å². The fourth-order valence-electron chi connectivity index (χ4n) is 5.44. The van der Waals surface area contributed by atoms with Crippen LogP contribution in [0.15, 0.2) is 54.6 Å². The van der Waals surface area contributed by atoms with Gasteiger partial charge in [0.25, 0.3) is 5.65 Å². The Morgan fingerprint density at radius 3 is 2.06 bits per heavy atom. The van der Waals surface area contributed by atoms with Crippen LogP contribution < -0.4 is 4.57 Å². The van der Waals surface area contributed by atoms with Gasteiger partial charge in [0.05, 0.1) is 16.4 Å². The molecule has 0 amide bonds. The molecule has 1 aliphatic rings. The van der Waals surface area contributed by atoms with Crippen molar-refractivity contribution in [2.75, 3.05) is 0 Å². The Labute approximate surface area is 245 Å². The van der Waals surface area contributed by atoms with Crippen molar-refractivity contribution in [3.63, 3.8) is 0 Å². The molecule has 3 aromatic carbocycles. The molecule has 0 spiro atoms. The van der Waals surface area contributed by atoms with Gasteiger partial charge in [-0.2, -0.15) is 12.1 Å². The van der Waals surface area contributed by atoms with Gasteiger partial charge in [-0.25, -0.2) is 8.97 Å². The van der Waals surface area contributed by atoms with Crippen molar-refractivity contribution in [2.24, 2.45) is 0 Å². The van der Waals surface area contributed by atoms with Crippen LogP contribution in [0, 0.1) is 54.3 Å². The quantitative estimate of drug-likeness (QED) is 0.0960. The van der Waals surface area contributed by atoms with Crippen LogP contribution in [0.1, 0.15) is 80.4 Å². The fraction of sp³-hybridized carbons (Fsp3) is 0.406. The maximum atomic E-state index is 3.32. The van der Waals surface area contributed by atoms with Gasteiger partial charge in [-0.15, -0.1) is 12.1 Å². The first-order chi connectivity index (χ1) is 16.4. The average Bonchev–Trinajstić information content (AvgIpc) is 3.23. The number of nitrogens with zero attached hydrogens (tertiary/aromatic N) is 2. The Morgan fingerprint density at radius 2 is 1.40 bits per heavy atom. The first kappa shape index (κ1) is 29.7. The predicted octanol–water partition coefficient (Wildman–Crippen LogP) is 8.90. The second kappa shape index (κ2) is 11.3. The van der Waals surface area contributed by atoms with Gasteiger partial charge < -0.3 is 0 Å². The summed E-state index contributed by atoms with van der Waals surface area (Å²) in [6, 6.07) is 23.2. The molecule has 0 N–H and O–H groups in total. The fourth-order valence-corrected chi connectivity index (χ4v) is 5.44. The standard InChI is InChI=1S/C26H24N2.3C2H6.Pr/c1-16-14-15-18-23-22(16)17-10-6-7-11-19(17)27-20-12-8-9-13-21(20)28(24(23)27)26(4,5)25(18,2)3;3*1-2;/h6-7,9-15H,1-5H3;3*1-2H3;. The van der Waals surface area contributed by atoms with Crippen molar-refractivity contribution in [3.05, 3.63) is 71.8 Å². The van der Waals surface area contributed by atoms with Crippen LogP contribution in [0.25, 0.3) is 38.4 Å². The Kier molecular flexibility index (Phi) is 9.56. The topological polar surface area (TPSA) is 8.29 Å². The number of rotatable bonds is 0. The summed E-state index contributed by atoms with van der Waals surface area (Å²) in [6.07, 6.45) is 0. The van der Waals surface area contributed by atoms with Crippen molar-refractivity contribution in [3.8, 4) is 0 Å². The Morgan fingerprint density at radius 1 is 0.771 bits per heavy atom. The first-order valence-corrected chi connectivity index (χ1v) is 13.1. The van der Waals surface area contributed by atoms with Gasteiger partial charge in [0.2, 0.25) is 0 Å². The van der Waals surface area contributed by atoms with Crippen LogP contribution in [0.2, 0.25) is 0 Å². The minimum atomic E-state index is -0.0704. The van der Waals surface area contributed by atoms with Crippen molar-refractivity contribution in [1.29, 1.82) is 0 Å². The van der Waals surface area contributed by atoms with Gasteiger partial charge in [0, 0.05) is 57.5 Å². The molecule has 3 heterocycles. The average molecular weight is 596 g/mol. The molecule has 0 bridgehead atoms. The molecule has 0 aliphatic carbocycles. The Balaban J connectivity index is 0.000000577. The van der Waals surface area contributed by atoms with E-state index in [-0.39, 0.29) is 52.2 Å². The number of imidazole rings is 1. The molecule has 3 heteroatoms. The maximum absolute atomic E-state index is 3.32. The van der Waals surface area contributed by atoms with Gasteiger partial charge in [-0.1, -0.05) is 85.7 Å². The summed E-state index contributed by atoms with van der Waals surface area (Å²) in [5.74, 6) is 0. The van der Waals surface area contributed by atoms with E-state index in [9.17, 15) is 0 Å². The summed E-state index contributed by atoms with van der Waals surface area (Å²) in [6.45, 7) is 23.8. The number of pyridine rings is 1. The zero-order valence-corrected chi connectivity index (χ0v) is 27.4. The molecule has 0 saturated carbocycles. The number of aromatic nitrogens is 2. The number of hydrogen-bond donors (Lipinski definition) is 0. The third-order valence-electron chi connectivity index (χ3n) is 7.54. The number of benzene rings is 3. The molecule has 5 aromatic rings. The monoisotopic (exact) mass is 595 g/mol. The summed E-state index contributed by atoms with van der Waals surface area (Å²) in [4.78, 5) is 0. The van der Waals surface area contributed by atoms with Crippen LogP contribution >= 0.6 is 0 Å². The molecular formula is C32H42N2Pr. The van der Waals surface area contributed by atoms with Crippen LogP contribution in [0.5, 0.6) is 0 Å². The normalized spacial score (nSPS) is 14.4. The van der Waals surface area contributed by atoms with E-state index in [1.165, 1.54) is 49.5 Å². The summed E-state index contributed by atoms with van der Waals surface area (Å²) >= 11 is 0. The third-order valence-corrected chi connectivity index (χ3v) is 7.54. The second-order valence-corrected chi connectivity index (χ2v) is 9.29. The second-order valence-electron chi connectivity index (χ2n) is 9.29. The van der Waals surface area contributed by atoms with Crippen LogP contribution in [0.3, 0.4) is 0 Å². The Bertz CT molecular complexity index is 1470. The van der Waals surface area contributed by atoms with E-state index in [1.807, 2.05) is 47.6 Å². The van der Waals surface area contributed by atoms with Crippen molar-refractivity contribution in [1.82, 2.24) is 4.40 Å². The molecule has 2 aromatic heterocycles. The third kappa shape index (κ3) is 4.04. The molecule has 35 heavy (non-hydrogen) atoms. The molecule has 6 rings (SSSR count). The smallest absolute Gasteiger partial charge is 0.243 e. The summed E-state index contributed by atoms with van der Waals surface area (Å²) < 4.78 is 5.04. The van der Waals surface area contributed by atoms with Crippen LogP contribution in [-0.2, 0) is 11.0 Å². The van der Waals surface area contributed by atoms with Crippen LogP contribution in [-0.4, -0.2) is 4.40 Å². The zero-order valence-electron chi connectivity index (χ0n) is 23.7. The summed E-state index contributed by atoms with van der Waals surface area (Å²) in [5.41, 5.74) is 7.80. The van der Waals surface area contributed by atoms with E-state index in [2.05, 4.69) is 98.2 Å². The summed E-state index contributed by atoms with van der Waals surface area (Å²) in [7, 11) is 0. The SMILES string of the molecule is CC.CC.CC.Cc1ccc2c3c1c1ccccc1n1c4c[c-]ccc4[n+](c31)C(C)(C)C2(C)C.[Pr]. The van der Waals surface area contributed by atoms with Gasteiger partial charge in [-0.05, 0) is 38.0 Å². The molecule has 1 radical (unpaired) electrons. The Hall–Kier alpha value is -1.51. The molecule has 1 aliphatic heterocycles. The van der Waals surface area contributed by atoms with E-state index < -0.39 is 0 Å². The predicted molar refractivity (Wildman–Crippen MR) is 150 cm³/mol. The van der Waals surface area contributed by atoms with Crippen LogP contribution in [0.4, 0.5) is 0 Å². The van der Waals surface area contributed by atoms with Gasteiger partial charge in [-0.3, -0.25) is 0 Å². The van der Waals surface area contributed by atoms with Gasteiger partial charge >= 0.3 is 0 Å². The van der Waals surface area contributed by atoms with Crippen molar-refractivity contribution >= 4 is 38.4 Å². The van der Waals surface area contributed by atoms with E-state index >= 15 is 0 Å². The maximum Gasteiger partial charge on any atom is 0.283 e. The molecule has 183 valence electrons. The van der Waals surface area contributed by atoms with E-state index in [1.54, 1.807) is 0 Å². The van der Waals surface area contributed by atoms with Gasteiger partial charge in [0.1, 0.15) is 11.1 Å². The summed E-state index contributed by atoms with van der Waals surface area (Å²) in [5, 5.41) is 4.12. The largest absolute Gasteiger partial charge is 0.283 e. The molecule has 0 saturated heterocycles. The van der Waals surface area contributed by atoms with E-state index in [0.717, 1.165) is 0 Å².